The van der Waals surface area contributed by atoms with Gasteiger partial charge in [-0.15, -0.1) is 0 Å². The number of carbonyl (C=O) groups excluding carboxylic acids is 1. The monoisotopic (exact) mass is 263 g/mol. The Bertz CT molecular complexity index is 358. The molecule has 0 aromatic rings. The van der Waals surface area contributed by atoms with E-state index >= 15 is 0 Å². The van der Waals surface area contributed by atoms with Gasteiger partial charge in [0.05, 0.1) is 6.07 Å². The molecule has 0 N–H and O–H groups in total. The number of hydrogen-bond donors (Lipinski definition) is 0. The summed E-state index contributed by atoms with van der Waals surface area (Å²) in [6.07, 6.45) is 5.84. The average molecular weight is 263 g/mol. The standard InChI is InChI=1S/C15H25N3O/c1-15(2,12-16)18-10-8-17(9-11-18)14(19)13-6-4-3-5-7-13/h13H,3-11H2,1-2H3. The van der Waals surface area contributed by atoms with Crippen molar-refractivity contribution in [3.63, 3.8) is 0 Å². The molecule has 0 aromatic heterocycles. The molecule has 0 bridgehead atoms. The van der Waals surface area contributed by atoms with Crippen LogP contribution in [0.1, 0.15) is 46.0 Å². The van der Waals surface area contributed by atoms with Crippen LogP contribution in [0.2, 0.25) is 0 Å². The SMILES string of the molecule is CC(C)(C#N)N1CCN(C(=O)C2CCCCC2)CC1. The highest BCUT2D eigenvalue weighted by Crippen LogP contribution is 2.26. The van der Waals surface area contributed by atoms with Gasteiger partial charge in [0.2, 0.25) is 5.91 Å². The molecule has 1 aliphatic heterocycles. The van der Waals surface area contributed by atoms with Crippen molar-refractivity contribution in [1.82, 2.24) is 9.80 Å². The zero-order valence-electron chi connectivity index (χ0n) is 12.2. The largest absolute Gasteiger partial charge is 0.340 e. The summed E-state index contributed by atoms with van der Waals surface area (Å²) in [7, 11) is 0. The van der Waals surface area contributed by atoms with Crippen LogP contribution in [0.15, 0.2) is 0 Å². The van der Waals surface area contributed by atoms with Crippen LogP contribution in [0.5, 0.6) is 0 Å². The maximum atomic E-state index is 12.4. The van der Waals surface area contributed by atoms with Crippen molar-refractivity contribution in [3.05, 3.63) is 0 Å². The van der Waals surface area contributed by atoms with Gasteiger partial charge in [-0.3, -0.25) is 9.69 Å². The first-order chi connectivity index (χ1) is 9.04. The number of nitrogens with zero attached hydrogens (tertiary/aromatic N) is 3. The minimum atomic E-state index is -0.417. The van der Waals surface area contributed by atoms with Crippen LogP contribution in [-0.4, -0.2) is 47.4 Å². The molecule has 0 unspecified atom stereocenters. The Balaban J connectivity index is 1.86. The lowest BCUT2D eigenvalue weighted by Gasteiger charge is -2.41. The van der Waals surface area contributed by atoms with E-state index in [4.69, 9.17) is 5.26 Å². The van der Waals surface area contributed by atoms with Crippen LogP contribution < -0.4 is 0 Å². The third-order valence-corrected chi connectivity index (χ3v) is 4.61. The summed E-state index contributed by atoms with van der Waals surface area (Å²) >= 11 is 0. The third kappa shape index (κ3) is 3.27. The quantitative estimate of drug-likeness (QED) is 0.765. The summed E-state index contributed by atoms with van der Waals surface area (Å²) in [5.41, 5.74) is -0.417. The van der Waals surface area contributed by atoms with Crippen LogP contribution >= 0.6 is 0 Å². The zero-order valence-corrected chi connectivity index (χ0v) is 12.2. The maximum Gasteiger partial charge on any atom is 0.225 e. The van der Waals surface area contributed by atoms with Gasteiger partial charge in [-0.05, 0) is 26.7 Å². The highest BCUT2D eigenvalue weighted by molar-refractivity contribution is 5.79. The van der Waals surface area contributed by atoms with E-state index in [0.29, 0.717) is 5.91 Å². The molecule has 0 atom stereocenters. The number of rotatable bonds is 2. The Hall–Kier alpha value is -1.08. The fourth-order valence-corrected chi connectivity index (χ4v) is 3.16. The smallest absolute Gasteiger partial charge is 0.225 e. The lowest BCUT2D eigenvalue weighted by atomic mass is 9.88. The third-order valence-electron chi connectivity index (χ3n) is 4.61. The molecule has 0 radical (unpaired) electrons. The molecule has 4 heteroatoms. The van der Waals surface area contributed by atoms with E-state index in [9.17, 15) is 4.79 Å². The molecule has 106 valence electrons. The Kier molecular flexibility index (Phi) is 4.46. The topological polar surface area (TPSA) is 47.3 Å². The first-order valence-electron chi connectivity index (χ1n) is 7.50. The van der Waals surface area contributed by atoms with Gasteiger partial charge >= 0.3 is 0 Å². The van der Waals surface area contributed by atoms with Gasteiger partial charge in [0.1, 0.15) is 5.54 Å². The van der Waals surface area contributed by atoms with Gasteiger partial charge in [0, 0.05) is 32.1 Å². The van der Waals surface area contributed by atoms with Gasteiger partial charge in [-0.25, -0.2) is 0 Å². The minimum absolute atomic E-state index is 0.268. The van der Waals surface area contributed by atoms with Crippen LogP contribution in [0.25, 0.3) is 0 Å². The van der Waals surface area contributed by atoms with Gasteiger partial charge in [0.15, 0.2) is 0 Å². The molecular formula is C15H25N3O. The number of nitriles is 1. The van der Waals surface area contributed by atoms with E-state index in [1.807, 2.05) is 18.7 Å². The zero-order chi connectivity index (χ0) is 13.9. The van der Waals surface area contributed by atoms with Crippen molar-refractivity contribution in [2.45, 2.75) is 51.5 Å². The summed E-state index contributed by atoms with van der Waals surface area (Å²) in [6.45, 7) is 7.09. The average Bonchev–Trinajstić information content (AvgIpc) is 2.47. The van der Waals surface area contributed by atoms with E-state index in [1.54, 1.807) is 0 Å². The van der Waals surface area contributed by atoms with Crippen molar-refractivity contribution in [3.8, 4) is 6.07 Å². The van der Waals surface area contributed by atoms with E-state index in [2.05, 4.69) is 11.0 Å². The number of hydrogen-bond acceptors (Lipinski definition) is 3. The van der Waals surface area contributed by atoms with Gasteiger partial charge in [0.25, 0.3) is 0 Å². The van der Waals surface area contributed by atoms with E-state index < -0.39 is 5.54 Å². The second kappa shape index (κ2) is 5.92. The highest BCUT2D eigenvalue weighted by atomic mass is 16.2. The molecule has 1 saturated carbocycles. The normalized spacial score (nSPS) is 23.1. The summed E-state index contributed by atoms with van der Waals surface area (Å²) in [6, 6.07) is 2.34. The van der Waals surface area contributed by atoms with Crippen LogP contribution in [0.4, 0.5) is 0 Å². The predicted octanol–water partition coefficient (Wildman–Crippen LogP) is 2.01. The molecule has 1 amide bonds. The summed E-state index contributed by atoms with van der Waals surface area (Å²) in [5.74, 6) is 0.624. The Labute approximate surface area is 116 Å². The highest BCUT2D eigenvalue weighted by Gasteiger charge is 2.33. The second-order valence-corrected chi connectivity index (χ2v) is 6.32. The summed E-state index contributed by atoms with van der Waals surface area (Å²) < 4.78 is 0. The van der Waals surface area contributed by atoms with Crippen molar-refractivity contribution in [2.75, 3.05) is 26.2 Å². The lowest BCUT2D eigenvalue weighted by molar-refractivity contribution is -0.138. The molecule has 0 aromatic carbocycles. The van der Waals surface area contributed by atoms with Crippen molar-refractivity contribution >= 4 is 5.91 Å². The Morgan fingerprint density at radius 1 is 1.11 bits per heavy atom. The van der Waals surface area contributed by atoms with E-state index in [0.717, 1.165) is 39.0 Å². The van der Waals surface area contributed by atoms with Gasteiger partial charge in [-0.2, -0.15) is 5.26 Å². The molecule has 19 heavy (non-hydrogen) atoms. The second-order valence-electron chi connectivity index (χ2n) is 6.32. The Morgan fingerprint density at radius 2 is 1.68 bits per heavy atom. The molecule has 2 fully saturated rings. The van der Waals surface area contributed by atoms with E-state index in [-0.39, 0.29) is 5.92 Å². The fourth-order valence-electron chi connectivity index (χ4n) is 3.16. The van der Waals surface area contributed by atoms with Crippen LogP contribution in [0.3, 0.4) is 0 Å². The summed E-state index contributed by atoms with van der Waals surface area (Å²) in [5, 5.41) is 9.15. The van der Waals surface area contributed by atoms with Gasteiger partial charge < -0.3 is 4.90 Å². The van der Waals surface area contributed by atoms with Crippen molar-refractivity contribution in [1.29, 1.82) is 5.26 Å². The Morgan fingerprint density at radius 3 is 2.21 bits per heavy atom. The molecule has 1 saturated heterocycles. The summed E-state index contributed by atoms with van der Waals surface area (Å²) in [4.78, 5) is 16.6. The van der Waals surface area contributed by atoms with E-state index in [1.165, 1.54) is 19.3 Å². The fraction of sp³-hybridized carbons (Fsp3) is 0.867. The van der Waals surface area contributed by atoms with Gasteiger partial charge in [-0.1, -0.05) is 19.3 Å². The molecule has 0 spiro atoms. The molecule has 2 rings (SSSR count). The maximum absolute atomic E-state index is 12.4. The molecule has 2 aliphatic rings. The number of amides is 1. The van der Waals surface area contributed by atoms with Crippen molar-refractivity contribution < 1.29 is 4.79 Å². The van der Waals surface area contributed by atoms with Crippen molar-refractivity contribution in [2.24, 2.45) is 5.92 Å². The van der Waals surface area contributed by atoms with Crippen LogP contribution in [0, 0.1) is 17.2 Å². The van der Waals surface area contributed by atoms with Crippen LogP contribution in [-0.2, 0) is 4.79 Å². The number of piperazine rings is 1. The first kappa shape index (κ1) is 14.3. The predicted molar refractivity (Wildman–Crippen MR) is 74.4 cm³/mol. The molecule has 1 heterocycles. The lowest BCUT2D eigenvalue weighted by Crippen LogP contribution is -2.56. The first-order valence-corrected chi connectivity index (χ1v) is 7.50. The molecule has 4 nitrogen and oxygen atoms in total. The molecular weight excluding hydrogens is 238 g/mol. The number of carbonyl (C=O) groups is 1. The minimum Gasteiger partial charge on any atom is -0.340 e. The molecule has 1 aliphatic carbocycles.